The zero-order valence-electron chi connectivity index (χ0n) is 13.6. The first-order valence-corrected chi connectivity index (χ1v) is 8.11. The van der Waals surface area contributed by atoms with E-state index in [2.05, 4.69) is 9.97 Å². The number of benzene rings is 1. The molecule has 1 aliphatic heterocycles. The number of halogens is 1. The van der Waals surface area contributed by atoms with E-state index < -0.39 is 0 Å². The quantitative estimate of drug-likeness (QED) is 0.851. The number of carbonyl (C=O) groups excluding carboxylic acids is 1. The molecule has 6 nitrogen and oxygen atoms in total. The molecule has 2 aromatic rings. The second-order valence-electron chi connectivity index (χ2n) is 5.90. The monoisotopic (exact) mass is 346 g/mol. The Hall–Kier alpha value is -2.34. The van der Waals surface area contributed by atoms with Crippen LogP contribution in [0.2, 0.25) is 5.02 Å². The van der Waals surface area contributed by atoms with Gasteiger partial charge in [0.15, 0.2) is 0 Å². The van der Waals surface area contributed by atoms with Crippen molar-refractivity contribution >= 4 is 23.3 Å². The minimum atomic E-state index is -0.0637. The van der Waals surface area contributed by atoms with Gasteiger partial charge in [-0.15, -0.1) is 0 Å². The second kappa shape index (κ2) is 7.05. The Morgan fingerprint density at radius 3 is 2.75 bits per heavy atom. The number of hydrogen-bond donors (Lipinski definition) is 0. The molecule has 1 fully saturated rings. The van der Waals surface area contributed by atoms with Gasteiger partial charge in [-0.05, 0) is 24.3 Å². The maximum Gasteiger partial charge on any atom is 0.253 e. The predicted octanol–water partition coefficient (Wildman–Crippen LogP) is 2.49. The lowest BCUT2D eigenvalue weighted by Gasteiger charge is -2.17. The molecular formula is C17H19ClN4O2. The molecule has 126 valence electrons. The first-order valence-electron chi connectivity index (χ1n) is 7.74. The van der Waals surface area contributed by atoms with Gasteiger partial charge in [-0.1, -0.05) is 11.6 Å². The number of amides is 1. The van der Waals surface area contributed by atoms with Crippen LogP contribution in [0, 0.1) is 0 Å². The lowest BCUT2D eigenvalue weighted by molar-refractivity contribution is 0.0771. The van der Waals surface area contributed by atoms with E-state index in [9.17, 15) is 4.79 Å². The molecule has 24 heavy (non-hydrogen) atoms. The van der Waals surface area contributed by atoms with E-state index in [4.69, 9.17) is 16.3 Å². The Balaban J connectivity index is 1.62. The number of anilines is 1. The van der Waals surface area contributed by atoms with Crippen LogP contribution in [0.1, 0.15) is 16.8 Å². The van der Waals surface area contributed by atoms with Crippen LogP contribution in [-0.4, -0.2) is 54.1 Å². The van der Waals surface area contributed by atoms with Crippen LogP contribution in [0.4, 0.5) is 5.82 Å². The number of nitrogens with zero attached hydrogens (tertiary/aromatic N) is 4. The number of likely N-dealkylation sites (tertiary alicyclic amines) is 1. The largest absolute Gasteiger partial charge is 0.472 e. The summed E-state index contributed by atoms with van der Waals surface area (Å²) in [7, 11) is 3.82. The van der Waals surface area contributed by atoms with Crippen molar-refractivity contribution in [3.05, 3.63) is 47.2 Å². The number of hydrogen-bond acceptors (Lipinski definition) is 5. The standard InChI is InChI=1S/C17H19ClN4O2/c1-21(2)15-9-16(20-11-19-15)24-14-7-8-22(10-14)17(23)12-3-5-13(18)6-4-12/h3-6,9,11,14H,7-8,10H2,1-2H3. The molecule has 0 saturated carbocycles. The van der Waals surface area contributed by atoms with Crippen LogP contribution in [-0.2, 0) is 0 Å². The fraction of sp³-hybridized carbons (Fsp3) is 0.353. The van der Waals surface area contributed by atoms with Crippen LogP contribution in [0.3, 0.4) is 0 Å². The summed E-state index contributed by atoms with van der Waals surface area (Å²) in [5.41, 5.74) is 0.636. The minimum absolute atomic E-state index is 0.00515. The summed E-state index contributed by atoms with van der Waals surface area (Å²) in [6.45, 7) is 1.21. The zero-order valence-corrected chi connectivity index (χ0v) is 14.4. The van der Waals surface area contributed by atoms with Crippen molar-refractivity contribution in [3.63, 3.8) is 0 Å². The predicted molar refractivity (Wildman–Crippen MR) is 92.7 cm³/mol. The van der Waals surface area contributed by atoms with E-state index in [1.54, 1.807) is 35.2 Å². The molecule has 1 atom stereocenters. The van der Waals surface area contributed by atoms with E-state index in [-0.39, 0.29) is 12.0 Å². The first-order chi connectivity index (χ1) is 11.5. The topological polar surface area (TPSA) is 58.6 Å². The van der Waals surface area contributed by atoms with E-state index in [0.717, 1.165) is 12.2 Å². The van der Waals surface area contributed by atoms with Crippen molar-refractivity contribution in [1.29, 1.82) is 0 Å². The van der Waals surface area contributed by atoms with Gasteiger partial charge in [0.25, 0.3) is 5.91 Å². The van der Waals surface area contributed by atoms with Crippen molar-refractivity contribution in [2.75, 3.05) is 32.1 Å². The highest BCUT2D eigenvalue weighted by Crippen LogP contribution is 2.21. The summed E-state index contributed by atoms with van der Waals surface area (Å²) in [6, 6.07) is 8.73. The Bertz CT molecular complexity index is 721. The van der Waals surface area contributed by atoms with Crippen molar-refractivity contribution in [2.45, 2.75) is 12.5 Å². The summed E-state index contributed by atoms with van der Waals surface area (Å²) in [6.07, 6.45) is 2.20. The fourth-order valence-corrected chi connectivity index (χ4v) is 2.72. The van der Waals surface area contributed by atoms with E-state index in [1.807, 2.05) is 19.0 Å². The zero-order chi connectivity index (χ0) is 17.1. The molecule has 0 spiro atoms. The number of rotatable bonds is 4. The lowest BCUT2D eigenvalue weighted by atomic mass is 10.2. The molecular weight excluding hydrogens is 328 g/mol. The summed E-state index contributed by atoms with van der Waals surface area (Å²) >= 11 is 5.86. The highest BCUT2D eigenvalue weighted by atomic mass is 35.5. The maximum atomic E-state index is 12.5. The van der Waals surface area contributed by atoms with Gasteiger partial charge in [-0.2, -0.15) is 0 Å². The lowest BCUT2D eigenvalue weighted by Crippen LogP contribution is -2.31. The number of aromatic nitrogens is 2. The third-order valence-corrected chi connectivity index (χ3v) is 4.15. The van der Waals surface area contributed by atoms with Gasteiger partial charge < -0.3 is 14.5 Å². The minimum Gasteiger partial charge on any atom is -0.472 e. The molecule has 3 rings (SSSR count). The molecule has 1 aromatic heterocycles. The van der Waals surface area contributed by atoms with Gasteiger partial charge in [-0.25, -0.2) is 9.97 Å². The van der Waals surface area contributed by atoms with Crippen LogP contribution < -0.4 is 9.64 Å². The molecule has 0 bridgehead atoms. The van der Waals surface area contributed by atoms with E-state index in [0.29, 0.717) is 29.6 Å². The number of ether oxygens (including phenoxy) is 1. The molecule has 2 heterocycles. The smallest absolute Gasteiger partial charge is 0.253 e. The first kappa shape index (κ1) is 16.5. The summed E-state index contributed by atoms with van der Waals surface area (Å²) in [5, 5.41) is 0.620. The van der Waals surface area contributed by atoms with Gasteiger partial charge in [-0.3, -0.25) is 4.79 Å². The van der Waals surface area contributed by atoms with Crippen molar-refractivity contribution in [3.8, 4) is 5.88 Å². The average Bonchev–Trinajstić information content (AvgIpc) is 3.03. The molecule has 1 aromatic carbocycles. The van der Waals surface area contributed by atoms with Crippen molar-refractivity contribution in [2.24, 2.45) is 0 Å². The third-order valence-electron chi connectivity index (χ3n) is 3.90. The van der Waals surface area contributed by atoms with Gasteiger partial charge in [0.05, 0.1) is 6.54 Å². The van der Waals surface area contributed by atoms with Crippen LogP contribution in [0.5, 0.6) is 5.88 Å². The van der Waals surface area contributed by atoms with Crippen LogP contribution in [0.15, 0.2) is 36.7 Å². The van der Waals surface area contributed by atoms with Gasteiger partial charge in [0.1, 0.15) is 18.2 Å². The second-order valence-corrected chi connectivity index (χ2v) is 6.33. The fourth-order valence-electron chi connectivity index (χ4n) is 2.59. The Morgan fingerprint density at radius 2 is 2.04 bits per heavy atom. The molecule has 7 heteroatoms. The van der Waals surface area contributed by atoms with Crippen molar-refractivity contribution in [1.82, 2.24) is 14.9 Å². The van der Waals surface area contributed by atoms with Crippen molar-refractivity contribution < 1.29 is 9.53 Å². The van der Waals surface area contributed by atoms with E-state index >= 15 is 0 Å². The highest BCUT2D eigenvalue weighted by Gasteiger charge is 2.28. The van der Waals surface area contributed by atoms with Gasteiger partial charge in [0.2, 0.25) is 5.88 Å². The Kier molecular flexibility index (Phi) is 4.85. The maximum absolute atomic E-state index is 12.5. The van der Waals surface area contributed by atoms with Crippen LogP contribution in [0.25, 0.3) is 0 Å². The highest BCUT2D eigenvalue weighted by molar-refractivity contribution is 6.30. The Labute approximate surface area is 146 Å². The summed E-state index contributed by atoms with van der Waals surface area (Å²) < 4.78 is 5.91. The molecule has 0 radical (unpaired) electrons. The third kappa shape index (κ3) is 3.76. The van der Waals surface area contributed by atoms with Gasteiger partial charge in [0, 0.05) is 43.7 Å². The van der Waals surface area contributed by atoms with Gasteiger partial charge >= 0.3 is 0 Å². The average molecular weight is 347 g/mol. The van der Waals surface area contributed by atoms with E-state index in [1.165, 1.54) is 6.33 Å². The molecule has 1 saturated heterocycles. The number of carbonyl (C=O) groups is 1. The molecule has 0 aliphatic carbocycles. The summed E-state index contributed by atoms with van der Waals surface area (Å²) in [4.78, 5) is 24.5. The summed E-state index contributed by atoms with van der Waals surface area (Å²) in [5.74, 6) is 1.31. The SMILES string of the molecule is CN(C)c1cc(OC2CCN(C(=O)c3ccc(Cl)cc3)C2)ncn1. The Morgan fingerprint density at radius 1 is 1.29 bits per heavy atom. The van der Waals surface area contributed by atoms with Crippen LogP contribution >= 0.6 is 11.6 Å². The molecule has 1 aliphatic rings. The normalized spacial score (nSPS) is 17.0. The molecule has 0 N–H and O–H groups in total. The molecule has 1 amide bonds. The molecule has 1 unspecified atom stereocenters.